The lowest BCUT2D eigenvalue weighted by atomic mass is 9.78. The van der Waals surface area contributed by atoms with E-state index < -0.39 is 0 Å². The van der Waals surface area contributed by atoms with E-state index in [9.17, 15) is 5.11 Å². The average molecular weight is 413 g/mol. The summed E-state index contributed by atoms with van der Waals surface area (Å²) in [5.74, 6) is 0.379. The Balaban J connectivity index is 1.90. The molecule has 0 unspecified atom stereocenters. The van der Waals surface area contributed by atoms with Crippen LogP contribution >= 0.6 is 0 Å². The molecule has 0 amide bonds. The van der Waals surface area contributed by atoms with Gasteiger partial charge in [-0.1, -0.05) is 66.3 Å². The molecule has 1 N–H and O–H groups in total. The summed E-state index contributed by atoms with van der Waals surface area (Å²) in [6, 6.07) is 13.9. The summed E-state index contributed by atoms with van der Waals surface area (Å²) in [6.45, 7) is 16.8. The van der Waals surface area contributed by atoms with Crippen molar-refractivity contribution in [2.75, 3.05) is 0 Å². The summed E-state index contributed by atoms with van der Waals surface area (Å²) in [5, 5.41) is 10.9. The first-order chi connectivity index (χ1) is 14.4. The molecular formula is C28H32N2O. The molecule has 31 heavy (non-hydrogen) atoms. The molecule has 1 aliphatic rings. The Morgan fingerprint density at radius 1 is 0.871 bits per heavy atom. The summed E-state index contributed by atoms with van der Waals surface area (Å²) < 4.78 is 0. The van der Waals surface area contributed by atoms with Crippen LogP contribution in [0.1, 0.15) is 58.2 Å². The van der Waals surface area contributed by atoms with Crippen LogP contribution in [-0.2, 0) is 10.8 Å². The highest BCUT2D eigenvalue weighted by Crippen LogP contribution is 2.39. The molecule has 3 nitrogen and oxygen atoms in total. The predicted octanol–water partition coefficient (Wildman–Crippen LogP) is 7.19. The Bertz CT molecular complexity index is 1070. The van der Waals surface area contributed by atoms with E-state index in [1.807, 2.05) is 66.9 Å². The van der Waals surface area contributed by atoms with Crippen LogP contribution < -0.4 is 0 Å². The van der Waals surface area contributed by atoms with Crippen molar-refractivity contribution in [1.82, 2.24) is 0 Å². The molecule has 2 aromatic carbocycles. The highest BCUT2D eigenvalue weighted by atomic mass is 16.3. The van der Waals surface area contributed by atoms with E-state index in [1.54, 1.807) is 0 Å². The number of phenols is 1. The normalized spacial score (nSPS) is 16.3. The molecule has 2 aromatic rings. The van der Waals surface area contributed by atoms with Crippen molar-refractivity contribution in [2.24, 2.45) is 9.98 Å². The van der Waals surface area contributed by atoms with Gasteiger partial charge in [0.1, 0.15) is 5.75 Å². The lowest BCUT2D eigenvalue weighted by Gasteiger charge is -2.27. The van der Waals surface area contributed by atoms with E-state index >= 15 is 0 Å². The van der Waals surface area contributed by atoms with Crippen molar-refractivity contribution < 1.29 is 5.11 Å². The van der Waals surface area contributed by atoms with Crippen molar-refractivity contribution in [1.29, 1.82) is 0 Å². The average Bonchev–Trinajstić information content (AvgIpc) is 2.68. The maximum Gasteiger partial charge on any atom is 0.123 e. The SMILES string of the molecule is C=C1C=C(N=Cc2cc(C(C)(C)C)c(O)c(C(C)(C)C)c2)C=CC1=Nc1ccccc1. The summed E-state index contributed by atoms with van der Waals surface area (Å²) in [4.78, 5) is 9.32. The summed E-state index contributed by atoms with van der Waals surface area (Å²) >= 11 is 0. The van der Waals surface area contributed by atoms with Gasteiger partial charge in [-0.05, 0) is 64.5 Å². The van der Waals surface area contributed by atoms with E-state index in [1.165, 1.54) is 0 Å². The number of benzene rings is 2. The standard InChI is InChI=1S/C28H32N2O/c1-19-15-22(13-14-25(19)30-21-11-9-8-10-12-21)29-18-20-16-23(27(2,3)4)26(31)24(17-20)28(5,6)7/h8-18,31H,1H2,2-7H3. The minimum Gasteiger partial charge on any atom is -0.507 e. The van der Waals surface area contributed by atoms with Crippen LogP contribution in [0.3, 0.4) is 0 Å². The third kappa shape index (κ3) is 5.49. The second kappa shape index (κ2) is 8.50. The van der Waals surface area contributed by atoms with Crippen LogP contribution in [-0.4, -0.2) is 17.0 Å². The Morgan fingerprint density at radius 2 is 1.45 bits per heavy atom. The molecule has 3 heteroatoms. The van der Waals surface area contributed by atoms with Crippen molar-refractivity contribution in [3.05, 3.63) is 95.2 Å². The largest absolute Gasteiger partial charge is 0.507 e. The Kier molecular flexibility index (Phi) is 6.17. The molecule has 0 atom stereocenters. The molecule has 0 fully saturated rings. The minimum atomic E-state index is -0.172. The number of para-hydroxylation sites is 1. The summed E-state index contributed by atoms with van der Waals surface area (Å²) in [6.07, 6.45) is 7.68. The molecule has 0 heterocycles. The van der Waals surface area contributed by atoms with Crippen LogP contribution in [0.4, 0.5) is 5.69 Å². The van der Waals surface area contributed by atoms with Gasteiger partial charge in [0.2, 0.25) is 0 Å². The fourth-order valence-corrected chi connectivity index (χ4v) is 3.43. The number of aromatic hydroxyl groups is 1. The molecule has 0 radical (unpaired) electrons. The zero-order valence-corrected chi connectivity index (χ0v) is 19.4. The van der Waals surface area contributed by atoms with E-state index in [4.69, 9.17) is 0 Å². The van der Waals surface area contributed by atoms with Crippen LogP contribution in [0.2, 0.25) is 0 Å². The Hall–Kier alpha value is -3.20. The third-order valence-electron chi connectivity index (χ3n) is 5.18. The van der Waals surface area contributed by atoms with Gasteiger partial charge in [0.05, 0.1) is 17.1 Å². The summed E-state index contributed by atoms with van der Waals surface area (Å²) in [5.41, 5.74) is 5.86. The number of phenolic OH excluding ortho intramolecular Hbond substituents is 1. The molecule has 0 aromatic heterocycles. The first-order valence-corrected chi connectivity index (χ1v) is 10.6. The van der Waals surface area contributed by atoms with Crippen molar-refractivity contribution in [2.45, 2.75) is 52.4 Å². The zero-order chi connectivity index (χ0) is 22.8. The highest BCUT2D eigenvalue weighted by Gasteiger charge is 2.26. The molecule has 0 saturated heterocycles. The van der Waals surface area contributed by atoms with Crippen LogP contribution in [0.5, 0.6) is 5.75 Å². The second-order valence-corrected chi connectivity index (χ2v) is 9.98. The van der Waals surface area contributed by atoms with Gasteiger partial charge in [-0.15, -0.1) is 0 Å². The first-order valence-electron chi connectivity index (χ1n) is 10.6. The number of allylic oxidation sites excluding steroid dienone is 4. The molecule has 3 rings (SSSR count). The Morgan fingerprint density at radius 3 is 1.97 bits per heavy atom. The molecule has 1 aliphatic carbocycles. The monoisotopic (exact) mass is 412 g/mol. The number of hydrogen-bond donors (Lipinski definition) is 1. The van der Waals surface area contributed by atoms with Crippen molar-refractivity contribution in [3.63, 3.8) is 0 Å². The first kappa shape index (κ1) is 22.5. The van der Waals surface area contributed by atoms with Crippen LogP contribution in [0.25, 0.3) is 0 Å². The van der Waals surface area contributed by atoms with E-state index in [0.29, 0.717) is 5.75 Å². The topological polar surface area (TPSA) is 45.0 Å². The molecule has 0 aliphatic heterocycles. The number of rotatable bonds is 3. The molecule has 0 saturated carbocycles. The van der Waals surface area contributed by atoms with Gasteiger partial charge in [-0.2, -0.15) is 0 Å². The fourth-order valence-electron chi connectivity index (χ4n) is 3.43. The molecular weight excluding hydrogens is 380 g/mol. The highest BCUT2D eigenvalue weighted by molar-refractivity contribution is 6.12. The van der Waals surface area contributed by atoms with Crippen LogP contribution in [0, 0.1) is 0 Å². The van der Waals surface area contributed by atoms with Gasteiger partial charge in [0.25, 0.3) is 0 Å². The van der Waals surface area contributed by atoms with Gasteiger partial charge in [0.15, 0.2) is 0 Å². The predicted molar refractivity (Wildman–Crippen MR) is 133 cm³/mol. The van der Waals surface area contributed by atoms with Crippen LogP contribution in [0.15, 0.2) is 88.5 Å². The lowest BCUT2D eigenvalue weighted by molar-refractivity contribution is 0.423. The minimum absolute atomic E-state index is 0.172. The number of hydrogen-bond acceptors (Lipinski definition) is 3. The fraction of sp³-hybridized carbons (Fsp3) is 0.286. The lowest BCUT2D eigenvalue weighted by Crippen LogP contribution is -2.17. The zero-order valence-electron chi connectivity index (χ0n) is 19.4. The maximum atomic E-state index is 10.9. The smallest absolute Gasteiger partial charge is 0.123 e. The number of aliphatic imine (C=N–C) groups is 2. The van der Waals surface area contributed by atoms with Gasteiger partial charge < -0.3 is 5.11 Å². The van der Waals surface area contributed by atoms with Crippen molar-refractivity contribution in [3.8, 4) is 5.75 Å². The van der Waals surface area contributed by atoms with Gasteiger partial charge in [-0.25, -0.2) is 4.99 Å². The van der Waals surface area contributed by atoms with E-state index in [0.717, 1.165) is 39.4 Å². The van der Waals surface area contributed by atoms with Gasteiger partial charge in [-0.3, -0.25) is 4.99 Å². The summed E-state index contributed by atoms with van der Waals surface area (Å²) in [7, 11) is 0. The maximum absolute atomic E-state index is 10.9. The van der Waals surface area contributed by atoms with E-state index in [2.05, 4.69) is 58.1 Å². The second-order valence-electron chi connectivity index (χ2n) is 9.98. The van der Waals surface area contributed by atoms with Gasteiger partial charge in [0, 0.05) is 17.3 Å². The molecule has 160 valence electrons. The number of nitrogens with zero attached hydrogens (tertiary/aromatic N) is 2. The van der Waals surface area contributed by atoms with E-state index in [-0.39, 0.29) is 10.8 Å². The molecule has 0 bridgehead atoms. The quantitative estimate of drug-likeness (QED) is 0.533. The molecule has 0 spiro atoms. The van der Waals surface area contributed by atoms with Crippen molar-refractivity contribution >= 4 is 17.6 Å². The third-order valence-corrected chi connectivity index (χ3v) is 5.18. The Labute approximate surface area is 186 Å². The van der Waals surface area contributed by atoms with Gasteiger partial charge >= 0.3 is 0 Å².